The molecule has 4 heterocycles. The van der Waals surface area contributed by atoms with Crippen LogP contribution in [-0.2, 0) is 16.7 Å². The summed E-state index contributed by atoms with van der Waals surface area (Å²) in [6.07, 6.45) is 3.31. The molecule has 1 aromatic heterocycles. The number of fused-ring (bicyclic) bond motifs is 3. The maximum Gasteiger partial charge on any atom is 0.261 e. The molecule has 8 heteroatoms. The second-order valence-corrected chi connectivity index (χ2v) is 12.4. The van der Waals surface area contributed by atoms with Gasteiger partial charge in [-0.1, -0.05) is 60.7 Å². The van der Waals surface area contributed by atoms with Crippen LogP contribution in [0.15, 0.2) is 66.7 Å². The number of methoxy groups -OCH3 is 1. The van der Waals surface area contributed by atoms with Crippen molar-refractivity contribution >= 4 is 21.5 Å². The molecule has 0 radical (unpaired) electrons. The van der Waals surface area contributed by atoms with Crippen LogP contribution in [0.25, 0.3) is 0 Å². The Morgan fingerprint density at radius 3 is 2.08 bits per heavy atom. The monoisotopic (exact) mass is 528 g/mol. The van der Waals surface area contributed by atoms with Gasteiger partial charge in [0, 0.05) is 35.0 Å². The maximum absolute atomic E-state index is 9.19. The van der Waals surface area contributed by atoms with E-state index in [1.54, 1.807) is 18.4 Å². The molecule has 0 amide bonds. The number of aryl methyl sites for hydroxylation is 1. The van der Waals surface area contributed by atoms with Gasteiger partial charge in [0.2, 0.25) is 0 Å². The smallest absolute Gasteiger partial charge is 0.261 e. The molecule has 2 atom stereocenters. The van der Waals surface area contributed by atoms with Crippen LogP contribution in [0.3, 0.4) is 0 Å². The molecule has 36 heavy (non-hydrogen) atoms. The third-order valence-electron chi connectivity index (χ3n) is 7.14. The number of hydrogen-bond donors (Lipinski definition) is 2. The molecular formula is C28H36N2O4S2. The Morgan fingerprint density at radius 2 is 1.58 bits per heavy atom. The van der Waals surface area contributed by atoms with Gasteiger partial charge in [0.25, 0.3) is 10.1 Å². The molecule has 3 aromatic rings. The van der Waals surface area contributed by atoms with Crippen molar-refractivity contribution < 1.29 is 17.7 Å². The van der Waals surface area contributed by atoms with Crippen molar-refractivity contribution in [1.82, 2.24) is 10.2 Å². The quantitative estimate of drug-likeness (QED) is 0.423. The van der Waals surface area contributed by atoms with E-state index in [0.29, 0.717) is 24.3 Å². The standard InChI is InChI=1S/C27H32N2OS.CH4O3S/c1-19-17-23(27(30-2)31-19)18-28-25-22-13-15-29(16-14-22)26(25)24(20-9-5-3-6-10-20)21-11-7-4-8-12-21;1-5(2,3)4/h3-12,17,22,24-26,28H,13-16,18H2,1-2H3;1H3,(H,2,3,4)/t25-,26-;/m0./s1. The SMILES string of the molecule is COc1sc(C)cc1CN[C@H]1C2CCN(CC2)[C@H]1C(c1ccccc1)c1ccccc1.CS(=O)(=O)O. The van der Waals surface area contributed by atoms with E-state index >= 15 is 0 Å². The Hall–Kier alpha value is -2.23. The Kier molecular flexibility index (Phi) is 8.85. The van der Waals surface area contributed by atoms with Crippen LogP contribution >= 0.6 is 11.3 Å². The maximum atomic E-state index is 9.19. The van der Waals surface area contributed by atoms with Gasteiger partial charge in [-0.05, 0) is 56.0 Å². The van der Waals surface area contributed by atoms with Gasteiger partial charge in [-0.25, -0.2) is 0 Å². The molecule has 0 unspecified atom stereocenters. The number of ether oxygens (including phenoxy) is 1. The first-order chi connectivity index (χ1) is 17.2. The lowest BCUT2D eigenvalue weighted by molar-refractivity contribution is 0.00464. The molecule has 0 saturated carbocycles. The van der Waals surface area contributed by atoms with Crippen LogP contribution in [0.5, 0.6) is 5.06 Å². The minimum Gasteiger partial charge on any atom is -0.487 e. The van der Waals surface area contributed by atoms with Gasteiger partial charge in [0.1, 0.15) is 0 Å². The molecule has 2 aromatic carbocycles. The van der Waals surface area contributed by atoms with E-state index in [1.165, 1.54) is 47.5 Å². The summed E-state index contributed by atoms with van der Waals surface area (Å²) in [5.74, 6) is 1.10. The van der Waals surface area contributed by atoms with E-state index < -0.39 is 10.1 Å². The second-order valence-electron chi connectivity index (χ2n) is 9.68. The molecule has 2 N–H and O–H groups in total. The van der Waals surface area contributed by atoms with Crippen LogP contribution in [0, 0.1) is 12.8 Å². The van der Waals surface area contributed by atoms with E-state index in [2.05, 4.69) is 83.9 Å². The molecule has 6 rings (SSSR count). The number of hydrogen-bond acceptors (Lipinski definition) is 6. The lowest BCUT2D eigenvalue weighted by Gasteiger charge is -2.54. The predicted molar refractivity (Wildman–Crippen MR) is 147 cm³/mol. The minimum atomic E-state index is -3.67. The van der Waals surface area contributed by atoms with E-state index in [1.807, 2.05) is 0 Å². The Balaban J connectivity index is 0.000000556. The number of benzene rings is 2. The normalized spacial score (nSPS) is 23.2. The molecular weight excluding hydrogens is 492 g/mol. The fourth-order valence-corrected chi connectivity index (χ4v) is 6.60. The van der Waals surface area contributed by atoms with Crippen molar-refractivity contribution in [3.8, 4) is 5.06 Å². The van der Waals surface area contributed by atoms with Gasteiger partial charge >= 0.3 is 0 Å². The van der Waals surface area contributed by atoms with Crippen molar-refractivity contribution in [3.05, 3.63) is 88.3 Å². The zero-order chi connectivity index (χ0) is 25.7. The summed E-state index contributed by atoms with van der Waals surface area (Å²) in [4.78, 5) is 4.06. The van der Waals surface area contributed by atoms with Crippen LogP contribution in [0.4, 0.5) is 0 Å². The lowest BCUT2D eigenvalue weighted by atomic mass is 9.70. The van der Waals surface area contributed by atoms with Gasteiger partial charge in [0.05, 0.1) is 13.4 Å². The van der Waals surface area contributed by atoms with E-state index in [4.69, 9.17) is 9.29 Å². The first-order valence-corrected chi connectivity index (χ1v) is 15.0. The fourth-order valence-electron chi connectivity index (χ4n) is 5.77. The van der Waals surface area contributed by atoms with Crippen molar-refractivity contribution in [3.63, 3.8) is 0 Å². The molecule has 3 aliphatic heterocycles. The summed E-state index contributed by atoms with van der Waals surface area (Å²) in [5, 5.41) is 5.06. The Morgan fingerprint density at radius 1 is 1.06 bits per heavy atom. The summed E-state index contributed by atoms with van der Waals surface area (Å²) in [7, 11) is -1.88. The summed E-state index contributed by atoms with van der Waals surface area (Å²) in [6, 6.07) is 25.4. The van der Waals surface area contributed by atoms with E-state index in [-0.39, 0.29) is 0 Å². The van der Waals surface area contributed by atoms with Crippen molar-refractivity contribution in [2.24, 2.45) is 5.92 Å². The molecule has 0 aliphatic carbocycles. The van der Waals surface area contributed by atoms with Gasteiger partial charge < -0.3 is 10.1 Å². The summed E-state index contributed by atoms with van der Waals surface area (Å²) in [5.41, 5.74) is 4.13. The van der Waals surface area contributed by atoms with Gasteiger partial charge in [-0.3, -0.25) is 9.45 Å². The number of nitrogens with one attached hydrogen (secondary N) is 1. The minimum absolute atomic E-state index is 0.370. The predicted octanol–water partition coefficient (Wildman–Crippen LogP) is 4.95. The summed E-state index contributed by atoms with van der Waals surface area (Å²) >= 11 is 1.74. The Labute approximate surface area is 219 Å². The molecule has 3 fully saturated rings. The van der Waals surface area contributed by atoms with Gasteiger partial charge in [0.15, 0.2) is 5.06 Å². The fraction of sp³-hybridized carbons (Fsp3) is 0.429. The third-order valence-corrected chi connectivity index (χ3v) is 8.19. The highest BCUT2D eigenvalue weighted by Gasteiger charge is 2.46. The Bertz CT molecular complexity index is 1160. The number of nitrogens with zero attached hydrogens (tertiary/aromatic N) is 1. The average molecular weight is 529 g/mol. The van der Waals surface area contributed by atoms with Crippen LogP contribution in [0.2, 0.25) is 0 Å². The number of thiophene rings is 1. The van der Waals surface area contributed by atoms with Crippen LogP contribution < -0.4 is 10.1 Å². The highest BCUT2D eigenvalue weighted by Crippen LogP contribution is 2.42. The highest BCUT2D eigenvalue weighted by molar-refractivity contribution is 7.85. The van der Waals surface area contributed by atoms with Gasteiger partial charge in [-0.2, -0.15) is 8.42 Å². The molecule has 2 bridgehead atoms. The van der Waals surface area contributed by atoms with E-state index in [0.717, 1.165) is 17.5 Å². The topological polar surface area (TPSA) is 78.9 Å². The second kappa shape index (κ2) is 11.9. The largest absolute Gasteiger partial charge is 0.487 e. The van der Waals surface area contributed by atoms with Crippen molar-refractivity contribution in [1.29, 1.82) is 0 Å². The molecule has 194 valence electrons. The zero-order valence-corrected chi connectivity index (χ0v) is 22.8. The summed E-state index contributed by atoms with van der Waals surface area (Å²) in [6.45, 7) is 5.46. The third kappa shape index (κ3) is 6.75. The zero-order valence-electron chi connectivity index (χ0n) is 21.1. The summed E-state index contributed by atoms with van der Waals surface area (Å²) < 4.78 is 31.5. The van der Waals surface area contributed by atoms with Crippen molar-refractivity contribution in [2.75, 3.05) is 26.5 Å². The van der Waals surface area contributed by atoms with E-state index in [9.17, 15) is 8.42 Å². The molecule has 3 aliphatic rings. The van der Waals surface area contributed by atoms with Crippen LogP contribution in [0.1, 0.15) is 40.3 Å². The first kappa shape index (κ1) is 26.8. The number of rotatable bonds is 7. The molecule has 3 saturated heterocycles. The molecule has 6 nitrogen and oxygen atoms in total. The number of piperidine rings is 3. The van der Waals surface area contributed by atoms with Gasteiger partial charge in [-0.15, -0.1) is 11.3 Å². The first-order valence-electron chi connectivity index (χ1n) is 12.4. The molecule has 0 spiro atoms. The lowest BCUT2D eigenvalue weighted by Crippen LogP contribution is -2.64. The van der Waals surface area contributed by atoms with Crippen molar-refractivity contribution in [2.45, 2.75) is 44.3 Å². The van der Waals surface area contributed by atoms with Crippen LogP contribution in [-0.4, -0.2) is 56.4 Å². The average Bonchev–Trinajstić information content (AvgIpc) is 3.24. The highest BCUT2D eigenvalue weighted by atomic mass is 32.2.